The second-order valence-corrected chi connectivity index (χ2v) is 0.828. The van der Waals surface area contributed by atoms with Crippen LogP contribution in [0, 0.1) is 0 Å². The molecule has 1 N–H and O–H groups in total. The number of hydrogen-bond donors (Lipinski definition) is 1. The average molecular weight is 98.1 g/mol. The van der Waals surface area contributed by atoms with Gasteiger partial charge in [-0.2, -0.15) is 0 Å². The molecule has 0 aliphatic rings. The monoisotopic (exact) mass is 98.0 g/mol. The van der Waals surface area contributed by atoms with Crippen molar-refractivity contribution in [3.8, 4) is 0 Å². The lowest BCUT2D eigenvalue weighted by molar-refractivity contribution is 0.406. The quantitative estimate of drug-likeness (QED) is 0.402. The molecule has 0 aromatic heterocycles. The van der Waals surface area contributed by atoms with Crippen LogP contribution in [-0.2, 0) is 0 Å². The second-order valence-electron chi connectivity index (χ2n) is 0.828. The summed E-state index contributed by atoms with van der Waals surface area (Å²) in [6.07, 6.45) is 1.10. The summed E-state index contributed by atoms with van der Waals surface area (Å²) >= 11 is 0. The van der Waals surface area contributed by atoms with Crippen LogP contribution in [0.2, 0.25) is 0 Å². The number of aliphatic imine (C=N–C) groups is 2. The normalized spacial score (nSPS) is 10.6. The Bertz CT molecular complexity index is 106. The minimum absolute atomic E-state index is 0.213. The summed E-state index contributed by atoms with van der Waals surface area (Å²) in [5, 5.41) is 8.36. The lowest BCUT2D eigenvalue weighted by Gasteiger charge is -1.79. The number of aliphatic hydroxyl groups is 1. The fraction of sp³-hybridized carbons (Fsp3) is 0. The van der Waals surface area contributed by atoms with Gasteiger partial charge >= 0.3 is 0 Å². The SMILES string of the molecule is C=N/C=C(/O)N=C. The standard InChI is InChI=1S/C4H6N2O/c1-5-3-4(7)6-2/h3,7H,1-2H2/b4-3+. The summed E-state index contributed by atoms with van der Waals surface area (Å²) in [4.78, 5) is 6.32. The Morgan fingerprint density at radius 1 is 1.57 bits per heavy atom. The number of nitrogens with zero attached hydrogens (tertiary/aromatic N) is 2. The first-order chi connectivity index (χ1) is 3.31. The summed E-state index contributed by atoms with van der Waals surface area (Å²) < 4.78 is 0. The van der Waals surface area contributed by atoms with Gasteiger partial charge in [-0.05, 0) is 13.4 Å². The Morgan fingerprint density at radius 2 is 2.14 bits per heavy atom. The zero-order chi connectivity index (χ0) is 5.70. The van der Waals surface area contributed by atoms with E-state index >= 15 is 0 Å². The molecule has 0 unspecified atom stereocenters. The van der Waals surface area contributed by atoms with Crippen LogP contribution in [-0.4, -0.2) is 18.5 Å². The largest absolute Gasteiger partial charge is 0.492 e. The third-order valence-corrected chi connectivity index (χ3v) is 0.369. The minimum Gasteiger partial charge on any atom is -0.492 e. The maximum atomic E-state index is 8.36. The molecule has 0 aromatic rings. The van der Waals surface area contributed by atoms with Gasteiger partial charge in [0.15, 0.2) is 0 Å². The molecule has 0 heterocycles. The van der Waals surface area contributed by atoms with Crippen molar-refractivity contribution in [3.63, 3.8) is 0 Å². The average Bonchev–Trinajstić information content (AvgIpc) is 1.68. The van der Waals surface area contributed by atoms with Gasteiger partial charge < -0.3 is 5.11 Å². The Hall–Kier alpha value is -1.12. The molecule has 3 heteroatoms. The maximum absolute atomic E-state index is 8.36. The summed E-state index contributed by atoms with van der Waals surface area (Å²) in [5.41, 5.74) is 0. The molecule has 0 saturated heterocycles. The molecule has 0 fully saturated rings. The molecule has 0 bridgehead atoms. The molecule has 0 saturated carbocycles. The lowest BCUT2D eigenvalue weighted by atomic mass is 10.8. The maximum Gasteiger partial charge on any atom is 0.229 e. The Balaban J connectivity index is 3.72. The number of rotatable bonds is 2. The highest BCUT2D eigenvalue weighted by Gasteiger charge is 1.74. The van der Waals surface area contributed by atoms with Crippen molar-refractivity contribution in [2.75, 3.05) is 0 Å². The summed E-state index contributed by atoms with van der Waals surface area (Å²) in [6, 6.07) is 0. The van der Waals surface area contributed by atoms with Crippen LogP contribution < -0.4 is 0 Å². The van der Waals surface area contributed by atoms with Gasteiger partial charge in [-0.1, -0.05) is 0 Å². The molecular formula is C4H6N2O. The predicted octanol–water partition coefficient (Wildman–Crippen LogP) is 0.744. The van der Waals surface area contributed by atoms with Crippen molar-refractivity contribution >= 4 is 13.4 Å². The van der Waals surface area contributed by atoms with Gasteiger partial charge in [0, 0.05) is 0 Å². The zero-order valence-corrected chi connectivity index (χ0v) is 3.83. The Morgan fingerprint density at radius 3 is 2.29 bits per heavy atom. The number of hydrogen-bond acceptors (Lipinski definition) is 3. The predicted molar refractivity (Wildman–Crippen MR) is 29.8 cm³/mol. The van der Waals surface area contributed by atoms with Crippen molar-refractivity contribution in [2.24, 2.45) is 9.98 Å². The van der Waals surface area contributed by atoms with E-state index in [2.05, 4.69) is 23.4 Å². The molecule has 7 heavy (non-hydrogen) atoms. The number of aliphatic hydroxyl groups excluding tert-OH is 1. The van der Waals surface area contributed by atoms with Gasteiger partial charge in [0.25, 0.3) is 0 Å². The van der Waals surface area contributed by atoms with E-state index in [1.165, 1.54) is 0 Å². The van der Waals surface area contributed by atoms with Crippen molar-refractivity contribution in [1.29, 1.82) is 0 Å². The second kappa shape index (κ2) is 3.08. The van der Waals surface area contributed by atoms with Crippen molar-refractivity contribution in [3.05, 3.63) is 12.1 Å². The smallest absolute Gasteiger partial charge is 0.229 e. The van der Waals surface area contributed by atoms with E-state index < -0.39 is 0 Å². The Labute approximate surface area is 41.7 Å². The van der Waals surface area contributed by atoms with E-state index in [1.54, 1.807) is 0 Å². The lowest BCUT2D eigenvalue weighted by Crippen LogP contribution is -1.67. The van der Waals surface area contributed by atoms with Crippen molar-refractivity contribution < 1.29 is 5.11 Å². The van der Waals surface area contributed by atoms with E-state index in [-0.39, 0.29) is 5.88 Å². The van der Waals surface area contributed by atoms with Gasteiger partial charge in [-0.25, -0.2) is 4.99 Å². The van der Waals surface area contributed by atoms with E-state index in [0.29, 0.717) is 0 Å². The highest BCUT2D eigenvalue weighted by Crippen LogP contribution is 1.84. The van der Waals surface area contributed by atoms with Crippen molar-refractivity contribution in [1.82, 2.24) is 0 Å². The van der Waals surface area contributed by atoms with Crippen LogP contribution in [0.25, 0.3) is 0 Å². The van der Waals surface area contributed by atoms with Crippen LogP contribution in [0.5, 0.6) is 0 Å². The third kappa shape index (κ3) is 2.69. The molecule has 0 atom stereocenters. The van der Waals surface area contributed by atoms with E-state index in [1.807, 2.05) is 0 Å². The van der Waals surface area contributed by atoms with Gasteiger partial charge in [0.1, 0.15) is 0 Å². The summed E-state index contributed by atoms with van der Waals surface area (Å²) in [5.74, 6) is -0.213. The molecular weight excluding hydrogens is 92.1 g/mol. The Kier molecular flexibility index (Phi) is 2.59. The van der Waals surface area contributed by atoms with Crippen molar-refractivity contribution in [2.45, 2.75) is 0 Å². The summed E-state index contributed by atoms with van der Waals surface area (Å²) in [6.45, 7) is 6.10. The first kappa shape index (κ1) is 5.88. The highest BCUT2D eigenvalue weighted by molar-refractivity contribution is 5.29. The molecule has 0 rings (SSSR count). The molecule has 0 aromatic carbocycles. The first-order valence-corrected chi connectivity index (χ1v) is 1.63. The fourth-order valence-electron chi connectivity index (χ4n) is 0.122. The van der Waals surface area contributed by atoms with Crippen LogP contribution >= 0.6 is 0 Å². The molecule has 0 radical (unpaired) electrons. The topological polar surface area (TPSA) is 45.0 Å². The molecule has 38 valence electrons. The zero-order valence-electron chi connectivity index (χ0n) is 3.83. The van der Waals surface area contributed by atoms with Crippen LogP contribution in [0.4, 0.5) is 0 Å². The molecule has 0 aliphatic carbocycles. The van der Waals surface area contributed by atoms with Gasteiger partial charge in [0.2, 0.25) is 5.88 Å². The molecule has 0 amide bonds. The van der Waals surface area contributed by atoms with E-state index in [9.17, 15) is 0 Å². The summed E-state index contributed by atoms with van der Waals surface area (Å²) in [7, 11) is 0. The van der Waals surface area contributed by atoms with E-state index in [0.717, 1.165) is 6.20 Å². The highest BCUT2D eigenvalue weighted by atomic mass is 16.3. The molecule has 0 aliphatic heterocycles. The van der Waals surface area contributed by atoms with Gasteiger partial charge in [0.05, 0.1) is 6.20 Å². The molecule has 3 nitrogen and oxygen atoms in total. The van der Waals surface area contributed by atoms with Crippen LogP contribution in [0.15, 0.2) is 22.1 Å². The van der Waals surface area contributed by atoms with Gasteiger partial charge in [-0.15, -0.1) is 0 Å². The minimum atomic E-state index is -0.213. The van der Waals surface area contributed by atoms with Crippen LogP contribution in [0.1, 0.15) is 0 Å². The first-order valence-electron chi connectivity index (χ1n) is 1.63. The third-order valence-electron chi connectivity index (χ3n) is 0.369. The molecule has 0 spiro atoms. The van der Waals surface area contributed by atoms with E-state index in [4.69, 9.17) is 5.11 Å². The fourth-order valence-corrected chi connectivity index (χ4v) is 0.122. The van der Waals surface area contributed by atoms with Crippen LogP contribution in [0.3, 0.4) is 0 Å². The van der Waals surface area contributed by atoms with Gasteiger partial charge in [-0.3, -0.25) is 4.99 Å².